The number of aliphatic carboxylic acids is 1. The first-order valence-corrected chi connectivity index (χ1v) is 7.55. The van der Waals surface area contributed by atoms with Gasteiger partial charge < -0.3 is 10.0 Å². The maximum Gasteiger partial charge on any atom is 0.340 e. The van der Waals surface area contributed by atoms with E-state index in [0.29, 0.717) is 0 Å². The highest BCUT2D eigenvalue weighted by Gasteiger charge is 2.38. The Balaban J connectivity index is 2.63. The lowest BCUT2D eigenvalue weighted by Crippen LogP contribution is -2.45. The molecule has 1 N–H and O–H groups in total. The van der Waals surface area contributed by atoms with Crippen molar-refractivity contribution in [2.45, 2.75) is 11.4 Å². The van der Waals surface area contributed by atoms with Crippen molar-refractivity contribution in [1.29, 1.82) is 0 Å². The van der Waals surface area contributed by atoms with Crippen LogP contribution in [0.1, 0.15) is 6.92 Å². The van der Waals surface area contributed by atoms with Crippen molar-refractivity contribution in [1.82, 2.24) is 0 Å². The maximum atomic E-state index is 11.6. The Morgan fingerprint density at radius 1 is 1.10 bits per heavy atom. The van der Waals surface area contributed by atoms with Crippen LogP contribution in [0.2, 0.25) is 0 Å². The van der Waals surface area contributed by atoms with Crippen LogP contribution in [0.4, 0.5) is 11.4 Å². The minimum atomic E-state index is -1.25. The van der Waals surface area contributed by atoms with E-state index in [2.05, 4.69) is 31.9 Å². The van der Waals surface area contributed by atoms with Crippen molar-refractivity contribution in [3.05, 3.63) is 59.1 Å². The molecule has 0 heterocycles. The minimum absolute atomic E-state index is 0.778. The number of hydrogen-bond donors (Lipinski definition) is 1. The van der Waals surface area contributed by atoms with Crippen molar-refractivity contribution in [2.24, 2.45) is 0 Å². The molecule has 2 aromatic carbocycles. The van der Waals surface area contributed by atoms with Gasteiger partial charge in [-0.2, -0.15) is 0 Å². The summed E-state index contributed by atoms with van der Waals surface area (Å²) in [6, 6.07) is 16.9. The molecule has 2 rings (SSSR count). The standard InChI is InChI=1S/C15H13Br2NO2/c1-15(17,14(19)20)18(11-7-3-2-4-8-11)13-10-6-5-9-12(13)16/h2-10H,1H3,(H,19,20)/t15-/m0/s1. The van der Waals surface area contributed by atoms with Crippen molar-refractivity contribution in [3.63, 3.8) is 0 Å². The van der Waals surface area contributed by atoms with Gasteiger partial charge in [0, 0.05) is 10.2 Å². The summed E-state index contributed by atoms with van der Waals surface area (Å²) in [7, 11) is 0. The summed E-state index contributed by atoms with van der Waals surface area (Å²) in [4.78, 5) is 13.4. The monoisotopic (exact) mass is 397 g/mol. The van der Waals surface area contributed by atoms with Crippen LogP contribution in [0.5, 0.6) is 0 Å². The normalized spacial score (nSPS) is 13.6. The van der Waals surface area contributed by atoms with Gasteiger partial charge in [0.05, 0.1) is 5.69 Å². The molecule has 0 aliphatic carbocycles. The Morgan fingerprint density at radius 3 is 2.20 bits per heavy atom. The Bertz CT molecular complexity index is 614. The lowest BCUT2D eigenvalue weighted by atomic mass is 10.1. The summed E-state index contributed by atoms with van der Waals surface area (Å²) in [5.74, 6) is -0.961. The topological polar surface area (TPSA) is 40.5 Å². The molecular formula is C15H13Br2NO2. The number of rotatable bonds is 4. The molecule has 20 heavy (non-hydrogen) atoms. The quantitative estimate of drug-likeness (QED) is 0.594. The molecule has 104 valence electrons. The SMILES string of the molecule is C[C@@](Br)(C(=O)O)N(c1ccccc1)c1ccccc1Br. The van der Waals surface area contributed by atoms with E-state index in [-0.39, 0.29) is 0 Å². The van der Waals surface area contributed by atoms with Crippen molar-refractivity contribution < 1.29 is 9.90 Å². The van der Waals surface area contributed by atoms with Gasteiger partial charge in [-0.15, -0.1) is 0 Å². The van der Waals surface area contributed by atoms with E-state index in [4.69, 9.17) is 0 Å². The Morgan fingerprint density at radius 2 is 1.65 bits per heavy atom. The molecule has 5 heteroatoms. The van der Waals surface area contributed by atoms with Crippen LogP contribution in [0, 0.1) is 0 Å². The largest absolute Gasteiger partial charge is 0.479 e. The molecule has 0 saturated heterocycles. The number of hydrogen-bond acceptors (Lipinski definition) is 2. The number of carbonyl (C=O) groups is 1. The van der Waals surface area contributed by atoms with Crippen molar-refractivity contribution >= 4 is 49.2 Å². The van der Waals surface area contributed by atoms with Crippen LogP contribution < -0.4 is 4.90 Å². The molecule has 0 aliphatic heterocycles. The average molecular weight is 399 g/mol. The minimum Gasteiger partial charge on any atom is -0.479 e. The molecule has 0 unspecified atom stereocenters. The zero-order valence-electron chi connectivity index (χ0n) is 10.8. The highest BCUT2D eigenvalue weighted by Crippen LogP contribution is 2.40. The number of anilines is 2. The fourth-order valence-corrected chi connectivity index (χ4v) is 2.77. The van der Waals surface area contributed by atoms with Crippen LogP contribution in [-0.2, 0) is 4.79 Å². The van der Waals surface area contributed by atoms with Crippen molar-refractivity contribution in [3.8, 4) is 0 Å². The maximum absolute atomic E-state index is 11.6. The first-order chi connectivity index (χ1) is 9.44. The summed E-state index contributed by atoms with van der Waals surface area (Å²) in [6.07, 6.45) is 0. The molecule has 0 fully saturated rings. The smallest absolute Gasteiger partial charge is 0.340 e. The fourth-order valence-electron chi connectivity index (χ4n) is 1.91. The Labute approximate surface area is 134 Å². The van der Waals surface area contributed by atoms with E-state index in [1.807, 2.05) is 54.6 Å². The van der Waals surface area contributed by atoms with E-state index in [1.54, 1.807) is 11.8 Å². The number of nitrogens with zero attached hydrogens (tertiary/aromatic N) is 1. The predicted molar refractivity (Wildman–Crippen MR) is 87.7 cm³/mol. The number of carboxylic acid groups (broad SMARTS) is 1. The predicted octanol–water partition coefficient (Wildman–Crippen LogP) is 4.78. The highest BCUT2D eigenvalue weighted by molar-refractivity contribution is 9.10. The van der Waals surface area contributed by atoms with Crippen LogP contribution in [-0.4, -0.2) is 15.5 Å². The summed E-state index contributed by atoms with van der Waals surface area (Å²) in [5.41, 5.74) is 1.57. The van der Waals surface area contributed by atoms with Gasteiger partial charge in [0.25, 0.3) is 0 Å². The molecule has 0 radical (unpaired) electrons. The lowest BCUT2D eigenvalue weighted by molar-refractivity contribution is -0.138. The van der Waals surface area contributed by atoms with Crippen LogP contribution in [0.15, 0.2) is 59.1 Å². The zero-order chi connectivity index (χ0) is 14.8. The zero-order valence-corrected chi connectivity index (χ0v) is 13.9. The molecule has 0 amide bonds. The van der Waals surface area contributed by atoms with Crippen LogP contribution in [0.25, 0.3) is 0 Å². The molecule has 0 aromatic heterocycles. The van der Waals surface area contributed by atoms with E-state index in [1.165, 1.54) is 0 Å². The molecule has 1 atom stereocenters. The van der Waals surface area contributed by atoms with Crippen LogP contribution >= 0.6 is 31.9 Å². The second-order valence-corrected chi connectivity index (χ2v) is 6.78. The van der Waals surface area contributed by atoms with Gasteiger partial charge in [-0.25, -0.2) is 4.79 Å². The lowest BCUT2D eigenvalue weighted by Gasteiger charge is -2.36. The molecule has 0 bridgehead atoms. The summed E-state index contributed by atoms with van der Waals surface area (Å²) < 4.78 is -0.422. The molecular weight excluding hydrogens is 386 g/mol. The number of carboxylic acids is 1. The molecule has 2 aromatic rings. The first kappa shape index (κ1) is 15.1. The summed E-state index contributed by atoms with van der Waals surface area (Å²) >= 11 is 6.81. The third-order valence-corrected chi connectivity index (χ3v) is 4.28. The highest BCUT2D eigenvalue weighted by atomic mass is 79.9. The van der Waals surface area contributed by atoms with Gasteiger partial charge in [0.2, 0.25) is 0 Å². The average Bonchev–Trinajstić information content (AvgIpc) is 2.42. The third-order valence-electron chi connectivity index (χ3n) is 2.92. The number of alkyl halides is 1. The summed E-state index contributed by atoms with van der Waals surface area (Å²) in [5, 5.41) is 9.52. The van der Waals surface area contributed by atoms with Gasteiger partial charge in [0.1, 0.15) is 0 Å². The second kappa shape index (κ2) is 5.97. The number of benzene rings is 2. The number of para-hydroxylation sites is 2. The van der Waals surface area contributed by atoms with E-state index in [9.17, 15) is 9.90 Å². The van der Waals surface area contributed by atoms with E-state index < -0.39 is 10.4 Å². The van der Waals surface area contributed by atoms with Gasteiger partial charge in [0.15, 0.2) is 4.45 Å². The molecule has 0 spiro atoms. The first-order valence-electron chi connectivity index (χ1n) is 5.96. The summed E-state index contributed by atoms with van der Waals surface area (Å²) in [6.45, 7) is 1.61. The van der Waals surface area contributed by atoms with Gasteiger partial charge in [-0.3, -0.25) is 0 Å². The molecule has 0 saturated carbocycles. The van der Waals surface area contributed by atoms with Gasteiger partial charge in [-0.05, 0) is 63.0 Å². The van der Waals surface area contributed by atoms with Gasteiger partial charge >= 0.3 is 5.97 Å². The molecule has 0 aliphatic rings. The van der Waals surface area contributed by atoms with Crippen LogP contribution in [0.3, 0.4) is 0 Å². The van der Waals surface area contributed by atoms with E-state index >= 15 is 0 Å². The molecule has 3 nitrogen and oxygen atoms in total. The second-order valence-electron chi connectivity index (χ2n) is 4.38. The Kier molecular flexibility index (Phi) is 4.50. The van der Waals surface area contributed by atoms with E-state index in [0.717, 1.165) is 15.8 Å². The number of halogens is 2. The fraction of sp³-hybridized carbons (Fsp3) is 0.133. The van der Waals surface area contributed by atoms with Crippen molar-refractivity contribution in [2.75, 3.05) is 4.90 Å². The van der Waals surface area contributed by atoms with Gasteiger partial charge in [-0.1, -0.05) is 30.3 Å². The Hall–Kier alpha value is -1.33. The third kappa shape index (κ3) is 2.88.